The number of carbonyl (C=O) groups is 1. The molecule has 0 radical (unpaired) electrons. The molecule has 2 aromatic rings. The smallest absolute Gasteiger partial charge is 0.354 e. The Labute approximate surface area is 92.4 Å². The molecule has 0 aliphatic heterocycles. The lowest BCUT2D eigenvalue weighted by molar-refractivity contribution is 0.0684. The first-order chi connectivity index (χ1) is 7.70. The monoisotopic (exact) mass is 217 g/mol. The largest absolute Gasteiger partial charge is 0.477 e. The van der Waals surface area contributed by atoms with E-state index >= 15 is 0 Å². The SMILES string of the molecule is C[C@H](c1ccccn1)n1cncc1C(=O)O. The number of pyridine rings is 1. The van der Waals surface area contributed by atoms with Crippen molar-refractivity contribution in [3.8, 4) is 0 Å². The molecule has 5 nitrogen and oxygen atoms in total. The van der Waals surface area contributed by atoms with Gasteiger partial charge in [0, 0.05) is 6.20 Å². The van der Waals surface area contributed by atoms with Crippen LogP contribution >= 0.6 is 0 Å². The number of nitrogens with zero attached hydrogens (tertiary/aromatic N) is 3. The van der Waals surface area contributed by atoms with Crippen molar-refractivity contribution in [3.63, 3.8) is 0 Å². The quantitative estimate of drug-likeness (QED) is 0.847. The fraction of sp³-hybridized carbons (Fsp3) is 0.182. The van der Waals surface area contributed by atoms with Gasteiger partial charge in [0.25, 0.3) is 0 Å². The molecule has 0 spiro atoms. The Kier molecular flexibility index (Phi) is 2.68. The normalized spacial score (nSPS) is 12.3. The van der Waals surface area contributed by atoms with Crippen LogP contribution in [0.15, 0.2) is 36.9 Å². The van der Waals surface area contributed by atoms with E-state index in [4.69, 9.17) is 5.11 Å². The zero-order valence-electron chi connectivity index (χ0n) is 8.74. The molecular weight excluding hydrogens is 206 g/mol. The van der Waals surface area contributed by atoms with E-state index in [1.807, 2.05) is 25.1 Å². The van der Waals surface area contributed by atoms with Gasteiger partial charge in [-0.2, -0.15) is 0 Å². The third-order valence-corrected chi connectivity index (χ3v) is 2.42. The minimum absolute atomic E-state index is 0.144. The van der Waals surface area contributed by atoms with Gasteiger partial charge in [0.2, 0.25) is 0 Å². The number of carboxylic acid groups (broad SMARTS) is 1. The number of aromatic nitrogens is 3. The Morgan fingerprint density at radius 2 is 2.31 bits per heavy atom. The van der Waals surface area contributed by atoms with Gasteiger partial charge in [-0.1, -0.05) is 6.07 Å². The Hall–Kier alpha value is -2.17. The molecule has 0 unspecified atom stereocenters. The summed E-state index contributed by atoms with van der Waals surface area (Å²) in [5.41, 5.74) is 0.973. The molecule has 16 heavy (non-hydrogen) atoms. The van der Waals surface area contributed by atoms with Crippen molar-refractivity contribution in [1.29, 1.82) is 0 Å². The van der Waals surface area contributed by atoms with E-state index in [2.05, 4.69) is 9.97 Å². The highest BCUT2D eigenvalue weighted by molar-refractivity contribution is 5.85. The summed E-state index contributed by atoms with van der Waals surface area (Å²) in [6.45, 7) is 1.89. The number of hydrogen-bond donors (Lipinski definition) is 1. The Morgan fingerprint density at radius 1 is 1.50 bits per heavy atom. The van der Waals surface area contributed by atoms with Crippen LogP contribution in [-0.4, -0.2) is 25.6 Å². The molecule has 0 aliphatic rings. The molecule has 0 bridgehead atoms. The highest BCUT2D eigenvalue weighted by atomic mass is 16.4. The lowest BCUT2D eigenvalue weighted by atomic mass is 10.2. The molecule has 1 atom stereocenters. The predicted molar refractivity (Wildman–Crippen MR) is 57.2 cm³/mol. The molecule has 1 N–H and O–H groups in total. The van der Waals surface area contributed by atoms with Crippen LogP contribution in [0.3, 0.4) is 0 Å². The average Bonchev–Trinajstić information content (AvgIpc) is 2.78. The molecule has 0 amide bonds. The van der Waals surface area contributed by atoms with Crippen molar-refractivity contribution in [1.82, 2.24) is 14.5 Å². The number of aromatic carboxylic acids is 1. The van der Waals surface area contributed by atoms with Crippen LogP contribution < -0.4 is 0 Å². The fourth-order valence-electron chi connectivity index (χ4n) is 1.54. The van der Waals surface area contributed by atoms with E-state index < -0.39 is 5.97 Å². The minimum atomic E-state index is -0.986. The van der Waals surface area contributed by atoms with Gasteiger partial charge in [0.05, 0.1) is 24.3 Å². The van der Waals surface area contributed by atoms with Gasteiger partial charge in [-0.3, -0.25) is 4.98 Å². The maximum absolute atomic E-state index is 10.9. The third-order valence-electron chi connectivity index (χ3n) is 2.42. The highest BCUT2D eigenvalue weighted by Crippen LogP contribution is 2.17. The lowest BCUT2D eigenvalue weighted by Gasteiger charge is -2.13. The number of hydrogen-bond acceptors (Lipinski definition) is 3. The molecule has 82 valence electrons. The first-order valence-electron chi connectivity index (χ1n) is 4.86. The van der Waals surface area contributed by atoms with Crippen LogP contribution in [0.2, 0.25) is 0 Å². The molecule has 0 fully saturated rings. The predicted octanol–water partition coefficient (Wildman–Crippen LogP) is 1.59. The third kappa shape index (κ3) is 1.79. The number of carboxylic acids is 1. The first kappa shape index (κ1) is 10.4. The van der Waals surface area contributed by atoms with E-state index in [9.17, 15) is 4.79 Å². The van der Waals surface area contributed by atoms with Gasteiger partial charge in [0.15, 0.2) is 0 Å². The Bertz CT molecular complexity index is 493. The van der Waals surface area contributed by atoms with E-state index in [0.29, 0.717) is 0 Å². The second-order valence-electron chi connectivity index (χ2n) is 3.42. The molecular formula is C11H11N3O2. The summed E-state index contributed by atoms with van der Waals surface area (Å²) in [6, 6.07) is 5.41. The van der Waals surface area contributed by atoms with Gasteiger partial charge in [-0.15, -0.1) is 0 Å². The summed E-state index contributed by atoms with van der Waals surface area (Å²) in [7, 11) is 0. The van der Waals surface area contributed by atoms with Crippen LogP contribution in [0, 0.1) is 0 Å². The lowest BCUT2D eigenvalue weighted by Crippen LogP contribution is -2.13. The molecule has 0 saturated carbocycles. The number of imidazole rings is 1. The Morgan fingerprint density at radius 3 is 2.94 bits per heavy atom. The van der Waals surface area contributed by atoms with Crippen LogP contribution in [0.1, 0.15) is 29.1 Å². The first-order valence-corrected chi connectivity index (χ1v) is 4.86. The van der Waals surface area contributed by atoms with E-state index in [1.54, 1.807) is 10.8 Å². The van der Waals surface area contributed by atoms with Crippen LogP contribution in [0.4, 0.5) is 0 Å². The maximum Gasteiger partial charge on any atom is 0.354 e. The van der Waals surface area contributed by atoms with Gasteiger partial charge in [-0.25, -0.2) is 9.78 Å². The van der Waals surface area contributed by atoms with E-state index in [0.717, 1.165) is 5.69 Å². The van der Waals surface area contributed by atoms with Gasteiger partial charge in [-0.05, 0) is 19.1 Å². The van der Waals surface area contributed by atoms with Crippen molar-refractivity contribution < 1.29 is 9.90 Å². The average molecular weight is 217 g/mol. The standard InChI is InChI=1S/C11H11N3O2/c1-8(9-4-2-3-5-13-9)14-7-12-6-10(14)11(15)16/h2-8H,1H3,(H,15,16)/t8-/m1/s1. The van der Waals surface area contributed by atoms with Gasteiger partial charge in [0.1, 0.15) is 5.69 Å². The molecule has 2 heterocycles. The summed E-state index contributed by atoms with van der Waals surface area (Å²) in [5, 5.41) is 8.97. The summed E-state index contributed by atoms with van der Waals surface area (Å²) < 4.78 is 1.59. The zero-order chi connectivity index (χ0) is 11.5. The molecule has 2 aromatic heterocycles. The molecule has 2 rings (SSSR count). The van der Waals surface area contributed by atoms with Crippen molar-refractivity contribution in [2.24, 2.45) is 0 Å². The molecule has 5 heteroatoms. The minimum Gasteiger partial charge on any atom is -0.477 e. The van der Waals surface area contributed by atoms with E-state index in [1.165, 1.54) is 12.5 Å². The fourth-order valence-corrected chi connectivity index (χ4v) is 1.54. The molecule has 0 aliphatic carbocycles. The summed E-state index contributed by atoms with van der Waals surface area (Å²) in [6.07, 6.45) is 4.52. The highest BCUT2D eigenvalue weighted by Gasteiger charge is 2.16. The summed E-state index contributed by atoms with van der Waals surface area (Å²) in [4.78, 5) is 19.0. The van der Waals surface area contributed by atoms with Crippen molar-refractivity contribution in [2.75, 3.05) is 0 Å². The summed E-state index contributed by atoms with van der Waals surface area (Å²) in [5.74, 6) is -0.986. The van der Waals surface area contributed by atoms with Crippen molar-refractivity contribution in [2.45, 2.75) is 13.0 Å². The van der Waals surface area contributed by atoms with Gasteiger partial charge >= 0.3 is 5.97 Å². The Balaban J connectivity index is 2.38. The van der Waals surface area contributed by atoms with E-state index in [-0.39, 0.29) is 11.7 Å². The maximum atomic E-state index is 10.9. The second kappa shape index (κ2) is 4.14. The van der Waals surface area contributed by atoms with Crippen molar-refractivity contribution >= 4 is 5.97 Å². The zero-order valence-corrected chi connectivity index (χ0v) is 8.74. The topological polar surface area (TPSA) is 68.0 Å². The van der Waals surface area contributed by atoms with Crippen molar-refractivity contribution in [3.05, 3.63) is 48.3 Å². The van der Waals surface area contributed by atoms with Crippen LogP contribution in [0.5, 0.6) is 0 Å². The second-order valence-corrected chi connectivity index (χ2v) is 3.42. The van der Waals surface area contributed by atoms with Crippen LogP contribution in [0.25, 0.3) is 0 Å². The van der Waals surface area contributed by atoms with Gasteiger partial charge < -0.3 is 9.67 Å². The number of rotatable bonds is 3. The molecule has 0 saturated heterocycles. The molecule has 0 aromatic carbocycles. The summed E-state index contributed by atoms with van der Waals surface area (Å²) >= 11 is 0. The van der Waals surface area contributed by atoms with Crippen LogP contribution in [-0.2, 0) is 0 Å².